The molecule has 25 heavy (non-hydrogen) atoms. The molecule has 8 heteroatoms. The lowest BCUT2D eigenvalue weighted by Crippen LogP contribution is -2.48. The minimum absolute atomic E-state index is 0.0456. The van der Waals surface area contributed by atoms with E-state index in [1.807, 2.05) is 6.92 Å². The first-order valence-corrected chi connectivity index (χ1v) is 8.29. The largest absolute Gasteiger partial charge is 0.451 e. The number of aryl methyl sites for hydroxylation is 1. The van der Waals surface area contributed by atoms with Crippen LogP contribution in [0.2, 0.25) is 0 Å². The lowest BCUT2D eigenvalue weighted by Gasteiger charge is -2.27. The first-order chi connectivity index (χ1) is 11.8. The minimum Gasteiger partial charge on any atom is -0.422 e. The Labute approximate surface area is 146 Å². The number of ether oxygens (including phenoxy) is 1. The van der Waals surface area contributed by atoms with Crippen LogP contribution < -0.4 is 0 Å². The van der Waals surface area contributed by atoms with Crippen LogP contribution in [0.5, 0.6) is 0 Å². The van der Waals surface area contributed by atoms with Crippen LogP contribution in [0.15, 0.2) is 53.8 Å². The van der Waals surface area contributed by atoms with Crippen LogP contribution in [0.25, 0.3) is 0 Å². The van der Waals surface area contributed by atoms with Gasteiger partial charge in [0.05, 0.1) is 11.3 Å². The normalized spacial score (nSPS) is 20.2. The summed E-state index contributed by atoms with van der Waals surface area (Å²) in [5, 5.41) is 0.141. The maximum atomic E-state index is 13.6. The molecule has 0 bridgehead atoms. The van der Waals surface area contributed by atoms with Crippen molar-refractivity contribution >= 4 is 22.8 Å². The molecule has 0 fully saturated rings. The van der Waals surface area contributed by atoms with Gasteiger partial charge in [0.25, 0.3) is 0 Å². The number of esters is 1. The molecule has 3 rings (SSSR count). The summed E-state index contributed by atoms with van der Waals surface area (Å²) in [5.74, 6) is -1.59. The summed E-state index contributed by atoms with van der Waals surface area (Å²) in [6, 6.07) is 9.32. The van der Waals surface area contributed by atoms with Gasteiger partial charge in [0, 0.05) is 18.0 Å². The van der Waals surface area contributed by atoms with E-state index >= 15 is 0 Å². The Hall–Kier alpha value is -2.35. The molecule has 2 heterocycles. The molecule has 1 aliphatic rings. The monoisotopic (exact) mass is 366 g/mol. The molecule has 0 radical (unpaired) electrons. The molecule has 0 amide bonds. The van der Waals surface area contributed by atoms with Gasteiger partial charge < -0.3 is 4.74 Å². The third kappa shape index (κ3) is 3.53. The van der Waals surface area contributed by atoms with Crippen molar-refractivity contribution < 1.29 is 22.7 Å². The summed E-state index contributed by atoms with van der Waals surface area (Å²) in [5.41, 5.74) is -1.52. The van der Waals surface area contributed by atoms with Crippen LogP contribution in [0.1, 0.15) is 21.5 Å². The van der Waals surface area contributed by atoms with Crippen molar-refractivity contribution in [3.63, 3.8) is 0 Å². The summed E-state index contributed by atoms with van der Waals surface area (Å²) in [4.78, 5) is 19.8. The highest BCUT2D eigenvalue weighted by atomic mass is 32.2. The molecule has 0 aliphatic carbocycles. The summed E-state index contributed by atoms with van der Waals surface area (Å²) in [6.07, 6.45) is -1.90. The summed E-state index contributed by atoms with van der Waals surface area (Å²) < 4.78 is 45.7. The summed E-state index contributed by atoms with van der Waals surface area (Å²) in [6.45, 7) is 1.81. The van der Waals surface area contributed by atoms with E-state index in [-0.39, 0.29) is 10.6 Å². The maximum absolute atomic E-state index is 13.6. The molecule has 1 aromatic carbocycles. The van der Waals surface area contributed by atoms with E-state index in [0.717, 1.165) is 17.3 Å². The molecule has 130 valence electrons. The van der Waals surface area contributed by atoms with Gasteiger partial charge in [0.2, 0.25) is 0 Å². The molecule has 2 aromatic rings. The predicted octanol–water partition coefficient (Wildman–Crippen LogP) is 4.00. The first-order valence-electron chi connectivity index (χ1n) is 7.30. The zero-order valence-corrected chi connectivity index (χ0v) is 13.9. The number of rotatable bonds is 3. The quantitative estimate of drug-likeness (QED) is 0.771. The Kier molecular flexibility index (Phi) is 4.55. The van der Waals surface area contributed by atoms with Crippen LogP contribution in [-0.4, -0.2) is 33.7 Å². The smallest absolute Gasteiger partial charge is 0.422 e. The number of halogens is 3. The second-order valence-corrected chi connectivity index (χ2v) is 6.45. The van der Waals surface area contributed by atoms with Crippen molar-refractivity contribution in [2.45, 2.75) is 18.8 Å². The van der Waals surface area contributed by atoms with Crippen molar-refractivity contribution in [1.82, 2.24) is 4.98 Å². The highest BCUT2D eigenvalue weighted by Gasteiger charge is 2.61. The van der Waals surface area contributed by atoms with Crippen molar-refractivity contribution in [2.24, 2.45) is 4.99 Å². The van der Waals surface area contributed by atoms with Crippen LogP contribution in [0.3, 0.4) is 0 Å². The third-order valence-corrected chi connectivity index (χ3v) is 4.72. The van der Waals surface area contributed by atoms with Crippen molar-refractivity contribution in [3.8, 4) is 0 Å². The molecule has 0 N–H and O–H groups in total. The number of aliphatic imine (C=N–C) groups is 1. The Morgan fingerprint density at radius 3 is 2.56 bits per heavy atom. The fourth-order valence-corrected chi connectivity index (χ4v) is 3.31. The second kappa shape index (κ2) is 6.51. The van der Waals surface area contributed by atoms with E-state index < -0.39 is 23.6 Å². The fourth-order valence-electron chi connectivity index (χ4n) is 2.19. The fraction of sp³-hybridized carbons (Fsp3) is 0.235. The van der Waals surface area contributed by atoms with E-state index in [2.05, 4.69) is 9.98 Å². The number of hydrogen-bond acceptors (Lipinski definition) is 5. The topological polar surface area (TPSA) is 51.5 Å². The van der Waals surface area contributed by atoms with E-state index in [0.29, 0.717) is 5.56 Å². The average molecular weight is 366 g/mol. The van der Waals surface area contributed by atoms with Crippen molar-refractivity contribution in [3.05, 3.63) is 65.5 Å². The Morgan fingerprint density at radius 1 is 1.24 bits per heavy atom. The van der Waals surface area contributed by atoms with E-state index in [1.165, 1.54) is 24.5 Å². The number of thioether (sulfide) groups is 1. The Balaban J connectivity index is 1.92. The predicted molar refractivity (Wildman–Crippen MR) is 88.6 cm³/mol. The SMILES string of the molecule is Cc1ccc(C(=O)OC2(C(F)(F)F)CSC(c3cccnc3)=N2)cc1. The molecule has 1 aliphatic heterocycles. The number of carbonyl (C=O) groups is 1. The molecule has 0 saturated carbocycles. The number of hydrogen-bond donors (Lipinski definition) is 0. The van der Waals surface area contributed by atoms with Gasteiger partial charge in [-0.2, -0.15) is 13.2 Å². The average Bonchev–Trinajstić information content (AvgIpc) is 3.01. The molecular weight excluding hydrogens is 353 g/mol. The lowest BCUT2D eigenvalue weighted by atomic mass is 10.1. The van der Waals surface area contributed by atoms with E-state index in [4.69, 9.17) is 4.74 Å². The number of benzene rings is 1. The zero-order valence-electron chi connectivity index (χ0n) is 13.1. The van der Waals surface area contributed by atoms with Gasteiger partial charge in [0.1, 0.15) is 5.04 Å². The van der Waals surface area contributed by atoms with Crippen molar-refractivity contribution in [2.75, 3.05) is 5.75 Å². The number of alkyl halides is 3. The first kappa shape index (κ1) is 17.5. The van der Waals surface area contributed by atoms with Gasteiger partial charge >= 0.3 is 17.9 Å². The maximum Gasteiger partial charge on any atom is 0.451 e. The van der Waals surface area contributed by atoms with Gasteiger partial charge in [-0.25, -0.2) is 9.79 Å². The van der Waals surface area contributed by atoms with Crippen LogP contribution in [-0.2, 0) is 4.74 Å². The van der Waals surface area contributed by atoms with Gasteiger partial charge in [-0.3, -0.25) is 4.98 Å². The Morgan fingerprint density at radius 2 is 1.96 bits per heavy atom. The minimum atomic E-state index is -4.83. The molecule has 1 atom stereocenters. The van der Waals surface area contributed by atoms with Crippen molar-refractivity contribution in [1.29, 1.82) is 0 Å². The summed E-state index contributed by atoms with van der Waals surface area (Å²) >= 11 is 0.882. The Bertz CT molecular complexity index is 807. The number of aromatic nitrogens is 1. The van der Waals surface area contributed by atoms with Crippen LogP contribution >= 0.6 is 11.8 Å². The van der Waals surface area contributed by atoms with E-state index in [9.17, 15) is 18.0 Å². The number of nitrogens with zero attached hydrogens (tertiary/aromatic N) is 2. The van der Waals surface area contributed by atoms with Crippen LogP contribution in [0, 0.1) is 6.92 Å². The molecule has 0 saturated heterocycles. The summed E-state index contributed by atoms with van der Waals surface area (Å²) in [7, 11) is 0. The molecule has 0 spiro atoms. The molecule has 1 aromatic heterocycles. The van der Waals surface area contributed by atoms with E-state index in [1.54, 1.807) is 24.3 Å². The molecule has 4 nitrogen and oxygen atoms in total. The standard InChI is InChI=1S/C17H13F3N2O2S/c1-11-4-6-12(7-5-11)15(23)24-16(17(18,19)20)10-25-14(22-16)13-3-2-8-21-9-13/h2-9H,10H2,1H3. The molecule has 1 unspecified atom stereocenters. The lowest BCUT2D eigenvalue weighted by molar-refractivity contribution is -0.245. The highest BCUT2D eigenvalue weighted by Crippen LogP contribution is 2.44. The van der Waals surface area contributed by atoms with Gasteiger partial charge in [-0.15, -0.1) is 0 Å². The second-order valence-electron chi connectivity index (χ2n) is 5.49. The highest BCUT2D eigenvalue weighted by molar-refractivity contribution is 8.14. The van der Waals surface area contributed by atoms with Gasteiger partial charge in [0.15, 0.2) is 0 Å². The molecular formula is C17H13F3N2O2S. The van der Waals surface area contributed by atoms with Crippen LogP contribution in [0.4, 0.5) is 13.2 Å². The van der Waals surface area contributed by atoms with Gasteiger partial charge in [-0.1, -0.05) is 29.5 Å². The number of carbonyl (C=O) groups excluding carboxylic acids is 1. The zero-order chi connectivity index (χ0) is 18.1. The number of pyridine rings is 1. The third-order valence-electron chi connectivity index (χ3n) is 3.59. The van der Waals surface area contributed by atoms with Gasteiger partial charge in [-0.05, 0) is 31.2 Å².